The van der Waals surface area contributed by atoms with Gasteiger partial charge < -0.3 is 1.43 Å². The van der Waals surface area contributed by atoms with Gasteiger partial charge in [0.2, 0.25) is 0 Å². The van der Waals surface area contributed by atoms with E-state index in [1.807, 2.05) is 12.1 Å². The van der Waals surface area contributed by atoms with Gasteiger partial charge in [0.15, 0.2) is 0 Å². The van der Waals surface area contributed by atoms with E-state index in [9.17, 15) is 8.42 Å². The number of rotatable bonds is 14. The largest absolute Gasteiger partial charge is 1.00 e. The van der Waals surface area contributed by atoms with E-state index in [2.05, 4.69) is 13.8 Å². The zero-order chi connectivity index (χ0) is 18.5. The smallest absolute Gasteiger partial charge is 1.00 e. The van der Waals surface area contributed by atoms with Crippen molar-refractivity contribution in [3.8, 4) is 0 Å². The molecular weight excluding hydrogens is 355 g/mol. The quantitative estimate of drug-likeness (QED) is 0.297. The van der Waals surface area contributed by atoms with Gasteiger partial charge in [0, 0.05) is 0 Å². The summed E-state index contributed by atoms with van der Waals surface area (Å²) in [5.41, 5.74) is 1.14. The molecule has 3 nitrogen and oxygen atoms in total. The van der Waals surface area contributed by atoms with Crippen molar-refractivity contribution in [3.63, 3.8) is 0 Å². The Morgan fingerprint density at radius 2 is 1.27 bits per heavy atom. The van der Waals surface area contributed by atoms with E-state index in [1.54, 1.807) is 0 Å². The molecule has 1 atom stereocenters. The topological polar surface area (TPSA) is 54.4 Å². The van der Waals surface area contributed by atoms with Crippen LogP contribution < -0.4 is 29.6 Å². The van der Waals surface area contributed by atoms with Gasteiger partial charge in [-0.05, 0) is 30.0 Å². The van der Waals surface area contributed by atoms with Crippen molar-refractivity contribution >= 4 is 10.1 Å². The first-order chi connectivity index (χ1) is 11.9. The van der Waals surface area contributed by atoms with Crippen LogP contribution in [0.25, 0.3) is 0 Å². The Bertz CT molecular complexity index is 561. The monoisotopic (exact) mass is 392 g/mol. The first-order valence-corrected chi connectivity index (χ1v) is 11.5. The molecule has 0 aliphatic rings. The minimum Gasteiger partial charge on any atom is -1.00 e. The first-order valence-electron chi connectivity index (χ1n) is 10.0. The Morgan fingerprint density at radius 3 is 1.69 bits per heavy atom. The molecule has 146 valence electrons. The molecule has 1 rings (SSSR count). The van der Waals surface area contributed by atoms with Gasteiger partial charge in [0.25, 0.3) is 10.1 Å². The average molecular weight is 393 g/mol. The van der Waals surface area contributed by atoms with Gasteiger partial charge in [0.05, 0.1) is 4.90 Å². The van der Waals surface area contributed by atoms with Crippen LogP contribution in [-0.4, -0.2) is 13.0 Å². The van der Waals surface area contributed by atoms with Gasteiger partial charge in [-0.1, -0.05) is 96.6 Å². The van der Waals surface area contributed by atoms with Crippen molar-refractivity contribution in [2.24, 2.45) is 0 Å². The van der Waals surface area contributed by atoms with Crippen molar-refractivity contribution < 1.29 is 44.0 Å². The maximum Gasteiger partial charge on any atom is 1.00 e. The Labute approximate surface area is 184 Å². The summed E-state index contributed by atoms with van der Waals surface area (Å²) in [5, 5.41) is 0. The summed E-state index contributed by atoms with van der Waals surface area (Å²) >= 11 is 0. The van der Waals surface area contributed by atoms with Crippen LogP contribution in [0.15, 0.2) is 29.2 Å². The molecule has 0 aromatic heterocycles. The zero-order valence-electron chi connectivity index (χ0n) is 18.0. The molecule has 0 saturated carbocycles. The van der Waals surface area contributed by atoms with E-state index in [4.69, 9.17) is 4.55 Å². The number of hydrogen-bond donors (Lipinski definition) is 1. The number of unbranched alkanes of at least 4 members (excludes halogenated alkanes) is 10. The van der Waals surface area contributed by atoms with Crippen LogP contribution in [0.5, 0.6) is 0 Å². The van der Waals surface area contributed by atoms with Crippen LogP contribution in [0.3, 0.4) is 0 Å². The van der Waals surface area contributed by atoms with E-state index in [0.29, 0.717) is 5.92 Å². The van der Waals surface area contributed by atoms with E-state index >= 15 is 0 Å². The average Bonchev–Trinajstić information content (AvgIpc) is 2.59. The molecule has 0 amide bonds. The fourth-order valence-electron chi connectivity index (χ4n) is 3.25. The summed E-state index contributed by atoms with van der Waals surface area (Å²) in [6.07, 6.45) is 16.0. The molecule has 1 unspecified atom stereocenters. The van der Waals surface area contributed by atoms with Crippen LogP contribution in [-0.2, 0) is 10.1 Å². The SMILES string of the molecule is CCCCCCCCCCCCCC(C)c1ccc(S(=O)(=O)O)cc1.[H-].[Na+]. The fraction of sp³-hybridized carbons (Fsp3) is 0.714. The van der Waals surface area contributed by atoms with Crippen molar-refractivity contribution in [1.29, 1.82) is 0 Å². The molecule has 1 N–H and O–H groups in total. The standard InChI is InChI=1S/C21H36O3S.Na.H/c1-3-4-5-6-7-8-9-10-11-12-13-14-19(2)20-15-17-21(18-16-20)25(22,23)24;;/h15-19H,3-14H2,1-2H3,(H,22,23,24);;/q;+1;-1. The Balaban J connectivity index is 0. The second-order valence-electron chi connectivity index (χ2n) is 7.27. The second kappa shape index (κ2) is 15.1. The van der Waals surface area contributed by atoms with Gasteiger partial charge in [-0.3, -0.25) is 4.55 Å². The van der Waals surface area contributed by atoms with Gasteiger partial charge >= 0.3 is 29.6 Å². The molecular formula is C21H37NaO3S. The van der Waals surface area contributed by atoms with Gasteiger partial charge in [0.1, 0.15) is 0 Å². The summed E-state index contributed by atoms with van der Waals surface area (Å²) in [6, 6.07) is 6.60. The van der Waals surface area contributed by atoms with E-state index < -0.39 is 10.1 Å². The van der Waals surface area contributed by atoms with Crippen molar-refractivity contribution in [2.75, 3.05) is 0 Å². The van der Waals surface area contributed by atoms with Crippen molar-refractivity contribution in [3.05, 3.63) is 29.8 Å². The normalized spacial score (nSPS) is 12.6. The molecule has 0 radical (unpaired) electrons. The molecule has 0 spiro atoms. The first kappa shape index (κ1) is 26.1. The fourth-order valence-corrected chi connectivity index (χ4v) is 3.73. The maximum absolute atomic E-state index is 11.1. The van der Waals surface area contributed by atoms with Gasteiger partial charge in [-0.2, -0.15) is 8.42 Å². The van der Waals surface area contributed by atoms with Gasteiger partial charge in [-0.25, -0.2) is 0 Å². The summed E-state index contributed by atoms with van der Waals surface area (Å²) in [5.74, 6) is 0.425. The Kier molecular flexibility index (Phi) is 15.2. The van der Waals surface area contributed by atoms with Crippen molar-refractivity contribution in [1.82, 2.24) is 0 Å². The minimum atomic E-state index is -4.08. The zero-order valence-corrected chi connectivity index (χ0v) is 19.9. The van der Waals surface area contributed by atoms with Gasteiger partial charge in [-0.15, -0.1) is 0 Å². The molecule has 1 aromatic carbocycles. The third-order valence-corrected chi connectivity index (χ3v) is 5.86. The second-order valence-corrected chi connectivity index (χ2v) is 8.69. The Morgan fingerprint density at radius 1 is 0.846 bits per heavy atom. The minimum absolute atomic E-state index is 0. The molecule has 5 heteroatoms. The summed E-state index contributed by atoms with van der Waals surface area (Å²) in [7, 11) is -4.08. The van der Waals surface area contributed by atoms with Crippen LogP contribution in [0.1, 0.15) is 104 Å². The molecule has 0 aliphatic carbocycles. The van der Waals surface area contributed by atoms with Crippen LogP contribution in [0, 0.1) is 0 Å². The molecule has 0 aliphatic heterocycles. The third kappa shape index (κ3) is 11.8. The van der Waals surface area contributed by atoms with Crippen LogP contribution in [0.4, 0.5) is 0 Å². The molecule has 0 saturated heterocycles. The van der Waals surface area contributed by atoms with E-state index in [1.165, 1.54) is 82.8 Å². The predicted molar refractivity (Wildman–Crippen MR) is 107 cm³/mol. The van der Waals surface area contributed by atoms with Crippen LogP contribution in [0.2, 0.25) is 0 Å². The van der Waals surface area contributed by atoms with E-state index in [0.717, 1.165) is 12.0 Å². The van der Waals surface area contributed by atoms with Crippen LogP contribution >= 0.6 is 0 Å². The van der Waals surface area contributed by atoms with E-state index in [-0.39, 0.29) is 35.9 Å². The summed E-state index contributed by atoms with van der Waals surface area (Å²) in [6.45, 7) is 4.44. The molecule has 1 aromatic rings. The summed E-state index contributed by atoms with van der Waals surface area (Å²) < 4.78 is 31.1. The molecule has 0 bridgehead atoms. The summed E-state index contributed by atoms with van der Waals surface area (Å²) in [4.78, 5) is -0.0295. The number of hydrogen-bond acceptors (Lipinski definition) is 2. The number of benzene rings is 1. The molecule has 0 fully saturated rings. The predicted octanol–water partition coefficient (Wildman–Crippen LogP) is 3.85. The maximum atomic E-state index is 11.1. The van der Waals surface area contributed by atoms with Crippen molar-refractivity contribution in [2.45, 2.75) is 102 Å². The molecule has 26 heavy (non-hydrogen) atoms. The molecule has 0 heterocycles. The third-order valence-electron chi connectivity index (χ3n) is 4.99. The Hall–Kier alpha value is 0.130.